The first-order chi connectivity index (χ1) is 8.74. The molecule has 2 heterocycles. The van der Waals surface area contributed by atoms with Gasteiger partial charge in [-0.05, 0) is 33.1 Å². The molecule has 0 aromatic heterocycles. The standard InChI is InChI=1S/C13H26N2O3S/c1-11(2)15-6-3-13(16,4-7-15)12(9-14)5-8-19(17,18)10-12/h11,16H,3-10,14H2,1-2H3. The minimum absolute atomic E-state index is 0.0503. The highest BCUT2D eigenvalue weighted by atomic mass is 32.2. The van der Waals surface area contributed by atoms with Gasteiger partial charge >= 0.3 is 0 Å². The third-order valence-corrected chi connectivity index (χ3v) is 6.94. The van der Waals surface area contributed by atoms with E-state index in [0.29, 0.717) is 25.3 Å². The molecule has 2 aliphatic heterocycles. The summed E-state index contributed by atoms with van der Waals surface area (Å²) in [5.41, 5.74) is 4.31. The molecule has 112 valence electrons. The molecule has 19 heavy (non-hydrogen) atoms. The molecular weight excluding hydrogens is 264 g/mol. The molecule has 3 N–H and O–H groups in total. The van der Waals surface area contributed by atoms with E-state index in [4.69, 9.17) is 5.73 Å². The molecule has 6 heteroatoms. The first-order valence-corrected chi connectivity index (χ1v) is 8.93. The molecule has 0 bridgehead atoms. The summed E-state index contributed by atoms with van der Waals surface area (Å²) >= 11 is 0. The molecule has 2 aliphatic rings. The maximum absolute atomic E-state index is 11.8. The minimum Gasteiger partial charge on any atom is -0.389 e. The smallest absolute Gasteiger partial charge is 0.151 e. The zero-order chi connectivity index (χ0) is 14.3. The van der Waals surface area contributed by atoms with Gasteiger partial charge in [-0.1, -0.05) is 0 Å². The van der Waals surface area contributed by atoms with Crippen molar-refractivity contribution in [2.24, 2.45) is 11.1 Å². The van der Waals surface area contributed by atoms with E-state index in [1.807, 2.05) is 0 Å². The Morgan fingerprint density at radius 1 is 1.26 bits per heavy atom. The van der Waals surface area contributed by atoms with Crippen LogP contribution in [0.5, 0.6) is 0 Å². The second kappa shape index (κ2) is 4.98. The molecule has 0 radical (unpaired) electrons. The fraction of sp³-hybridized carbons (Fsp3) is 1.00. The lowest BCUT2D eigenvalue weighted by molar-refractivity contribution is -0.110. The first-order valence-electron chi connectivity index (χ1n) is 7.11. The highest BCUT2D eigenvalue weighted by Crippen LogP contribution is 2.46. The van der Waals surface area contributed by atoms with Crippen LogP contribution in [0.25, 0.3) is 0 Å². The van der Waals surface area contributed by atoms with Crippen molar-refractivity contribution in [2.75, 3.05) is 31.1 Å². The summed E-state index contributed by atoms with van der Waals surface area (Å²) in [7, 11) is -3.04. The fourth-order valence-corrected chi connectivity index (χ4v) is 5.79. The first kappa shape index (κ1) is 15.2. The van der Waals surface area contributed by atoms with E-state index >= 15 is 0 Å². The Labute approximate surface area is 116 Å². The van der Waals surface area contributed by atoms with Gasteiger partial charge in [0.15, 0.2) is 9.84 Å². The zero-order valence-electron chi connectivity index (χ0n) is 11.9. The van der Waals surface area contributed by atoms with Gasteiger partial charge in [0.25, 0.3) is 0 Å². The third kappa shape index (κ3) is 2.68. The van der Waals surface area contributed by atoms with Crippen molar-refractivity contribution in [1.29, 1.82) is 0 Å². The summed E-state index contributed by atoms with van der Waals surface area (Å²) in [5, 5.41) is 11.0. The van der Waals surface area contributed by atoms with E-state index in [9.17, 15) is 13.5 Å². The maximum atomic E-state index is 11.8. The van der Waals surface area contributed by atoms with Crippen LogP contribution < -0.4 is 5.73 Å². The molecule has 1 atom stereocenters. The number of nitrogens with zero attached hydrogens (tertiary/aromatic N) is 1. The van der Waals surface area contributed by atoms with Crippen LogP contribution >= 0.6 is 0 Å². The van der Waals surface area contributed by atoms with E-state index in [2.05, 4.69) is 18.7 Å². The van der Waals surface area contributed by atoms with E-state index in [1.54, 1.807) is 0 Å². The van der Waals surface area contributed by atoms with Crippen LogP contribution in [0.3, 0.4) is 0 Å². The Bertz CT molecular complexity index is 427. The number of nitrogens with two attached hydrogens (primary N) is 1. The van der Waals surface area contributed by atoms with Gasteiger partial charge in [-0.3, -0.25) is 0 Å². The average Bonchev–Trinajstić information content (AvgIpc) is 2.67. The Kier molecular flexibility index (Phi) is 3.99. The van der Waals surface area contributed by atoms with E-state index in [1.165, 1.54) is 0 Å². The van der Waals surface area contributed by atoms with Gasteiger partial charge in [0.1, 0.15) is 0 Å². The normalized spacial score (nSPS) is 34.8. The quantitative estimate of drug-likeness (QED) is 0.763. The van der Waals surface area contributed by atoms with Crippen molar-refractivity contribution < 1.29 is 13.5 Å². The van der Waals surface area contributed by atoms with Crippen LogP contribution in [-0.2, 0) is 9.84 Å². The topological polar surface area (TPSA) is 83.6 Å². The SMILES string of the molecule is CC(C)N1CCC(O)(C2(CN)CCS(=O)(=O)C2)CC1. The Morgan fingerprint density at radius 3 is 2.21 bits per heavy atom. The van der Waals surface area contributed by atoms with Crippen LogP contribution in [-0.4, -0.2) is 61.2 Å². The van der Waals surface area contributed by atoms with E-state index < -0.39 is 20.9 Å². The van der Waals surface area contributed by atoms with Crippen molar-refractivity contribution in [1.82, 2.24) is 4.90 Å². The monoisotopic (exact) mass is 290 g/mol. The number of hydrogen-bond acceptors (Lipinski definition) is 5. The maximum Gasteiger partial charge on any atom is 0.151 e. The van der Waals surface area contributed by atoms with Crippen molar-refractivity contribution in [3.05, 3.63) is 0 Å². The van der Waals surface area contributed by atoms with Crippen LogP contribution in [0.15, 0.2) is 0 Å². The van der Waals surface area contributed by atoms with Gasteiger partial charge in [0.05, 0.1) is 17.1 Å². The van der Waals surface area contributed by atoms with Gasteiger partial charge < -0.3 is 15.7 Å². The molecule has 0 aliphatic carbocycles. The van der Waals surface area contributed by atoms with Gasteiger partial charge in [-0.15, -0.1) is 0 Å². The lowest BCUT2D eigenvalue weighted by Crippen LogP contribution is -2.59. The van der Waals surface area contributed by atoms with Gasteiger partial charge in [-0.2, -0.15) is 0 Å². The summed E-state index contributed by atoms with van der Waals surface area (Å²) < 4.78 is 23.6. The molecule has 0 amide bonds. The van der Waals surface area contributed by atoms with Crippen molar-refractivity contribution in [3.63, 3.8) is 0 Å². The molecule has 2 fully saturated rings. The highest BCUT2D eigenvalue weighted by Gasteiger charge is 2.55. The number of likely N-dealkylation sites (tertiary alicyclic amines) is 1. The Hall–Kier alpha value is -0.170. The summed E-state index contributed by atoms with van der Waals surface area (Å²) in [5.74, 6) is 0.217. The molecule has 0 aromatic rings. The number of sulfone groups is 1. The summed E-state index contributed by atoms with van der Waals surface area (Å²) in [6.07, 6.45) is 1.75. The largest absolute Gasteiger partial charge is 0.389 e. The predicted molar refractivity (Wildman–Crippen MR) is 75.7 cm³/mol. The van der Waals surface area contributed by atoms with E-state index in [-0.39, 0.29) is 18.1 Å². The fourth-order valence-electron chi connectivity index (χ4n) is 3.57. The molecule has 1 unspecified atom stereocenters. The van der Waals surface area contributed by atoms with Gasteiger partial charge in [-0.25, -0.2) is 8.42 Å². The molecular formula is C13H26N2O3S. The third-order valence-electron chi connectivity index (χ3n) is 5.12. The molecule has 0 saturated carbocycles. The van der Waals surface area contributed by atoms with Crippen LogP contribution in [0, 0.1) is 5.41 Å². The lowest BCUT2D eigenvalue weighted by Gasteiger charge is -2.49. The van der Waals surface area contributed by atoms with Crippen molar-refractivity contribution in [3.8, 4) is 0 Å². The molecule has 0 aromatic carbocycles. The van der Waals surface area contributed by atoms with E-state index in [0.717, 1.165) is 13.1 Å². The lowest BCUT2D eigenvalue weighted by atomic mass is 9.66. The van der Waals surface area contributed by atoms with Gasteiger partial charge in [0, 0.05) is 31.1 Å². The Balaban J connectivity index is 2.16. The van der Waals surface area contributed by atoms with Crippen molar-refractivity contribution >= 4 is 9.84 Å². The Morgan fingerprint density at radius 2 is 1.84 bits per heavy atom. The molecule has 0 spiro atoms. The predicted octanol–water partition coefficient (Wildman–Crippen LogP) is -0.0147. The summed E-state index contributed by atoms with van der Waals surface area (Å²) in [6.45, 7) is 6.17. The molecule has 2 saturated heterocycles. The number of aliphatic hydroxyl groups is 1. The molecule has 5 nitrogen and oxygen atoms in total. The number of rotatable bonds is 3. The van der Waals surface area contributed by atoms with Crippen LogP contribution in [0.2, 0.25) is 0 Å². The summed E-state index contributed by atoms with van der Waals surface area (Å²) in [6, 6.07) is 0.464. The average molecular weight is 290 g/mol. The van der Waals surface area contributed by atoms with Crippen LogP contribution in [0.4, 0.5) is 0 Å². The van der Waals surface area contributed by atoms with Gasteiger partial charge in [0.2, 0.25) is 0 Å². The second-order valence-electron chi connectivity index (χ2n) is 6.49. The minimum atomic E-state index is -3.04. The highest BCUT2D eigenvalue weighted by molar-refractivity contribution is 7.91. The zero-order valence-corrected chi connectivity index (χ0v) is 12.7. The number of hydrogen-bond donors (Lipinski definition) is 2. The van der Waals surface area contributed by atoms with Crippen LogP contribution in [0.1, 0.15) is 33.1 Å². The number of piperidine rings is 1. The van der Waals surface area contributed by atoms with Crippen molar-refractivity contribution in [2.45, 2.75) is 44.8 Å². The molecule has 2 rings (SSSR count). The second-order valence-corrected chi connectivity index (χ2v) is 8.67. The summed E-state index contributed by atoms with van der Waals surface area (Å²) in [4.78, 5) is 2.32.